The van der Waals surface area contributed by atoms with Gasteiger partial charge in [-0.05, 0) is 36.8 Å². The molecule has 0 aromatic carbocycles. The fourth-order valence-electron chi connectivity index (χ4n) is 3.09. The van der Waals surface area contributed by atoms with Crippen LogP contribution < -0.4 is 15.5 Å². The third-order valence-corrected chi connectivity index (χ3v) is 4.71. The number of nitrogens with zero attached hydrogens (tertiary/aromatic N) is 3. The smallest absolute Gasteiger partial charge is 0.191 e. The molecule has 2 rings (SSSR count). The van der Waals surface area contributed by atoms with E-state index < -0.39 is 0 Å². The van der Waals surface area contributed by atoms with Crippen LogP contribution in [0.25, 0.3) is 0 Å². The van der Waals surface area contributed by atoms with Crippen LogP contribution in [0.2, 0.25) is 0 Å². The van der Waals surface area contributed by atoms with Crippen molar-refractivity contribution in [3.8, 4) is 0 Å². The van der Waals surface area contributed by atoms with Gasteiger partial charge in [-0.3, -0.25) is 0 Å². The quantitative estimate of drug-likeness (QED) is 0.578. The largest absolute Gasteiger partial charge is 0.379 e. The Labute approximate surface area is 158 Å². The van der Waals surface area contributed by atoms with E-state index in [4.69, 9.17) is 4.74 Å². The zero-order valence-electron chi connectivity index (χ0n) is 17.0. The van der Waals surface area contributed by atoms with Gasteiger partial charge in [0, 0.05) is 39.5 Å². The molecule has 6 heteroatoms. The van der Waals surface area contributed by atoms with Crippen molar-refractivity contribution in [3.63, 3.8) is 0 Å². The fourth-order valence-corrected chi connectivity index (χ4v) is 3.09. The second-order valence-electron chi connectivity index (χ2n) is 7.89. The minimum atomic E-state index is 0.0778. The Bertz CT molecular complexity index is 559. The topological polar surface area (TPSA) is 61.8 Å². The number of methoxy groups -OCH3 is 1. The summed E-state index contributed by atoms with van der Waals surface area (Å²) in [5, 5.41) is 6.68. The summed E-state index contributed by atoms with van der Waals surface area (Å²) in [4.78, 5) is 11.6. The van der Waals surface area contributed by atoms with Gasteiger partial charge < -0.3 is 20.3 Å². The van der Waals surface area contributed by atoms with Crippen LogP contribution in [0.15, 0.2) is 23.3 Å². The van der Waals surface area contributed by atoms with E-state index in [-0.39, 0.29) is 11.5 Å². The van der Waals surface area contributed by atoms with Crippen molar-refractivity contribution in [2.24, 2.45) is 10.4 Å². The molecule has 1 aromatic heterocycles. The van der Waals surface area contributed by atoms with Gasteiger partial charge in [-0.2, -0.15) is 0 Å². The summed E-state index contributed by atoms with van der Waals surface area (Å²) in [5.74, 6) is 1.88. The van der Waals surface area contributed by atoms with Crippen molar-refractivity contribution in [1.82, 2.24) is 15.6 Å². The molecule has 1 fully saturated rings. The summed E-state index contributed by atoms with van der Waals surface area (Å²) in [6, 6.07) is 4.23. The zero-order chi connectivity index (χ0) is 19.0. The van der Waals surface area contributed by atoms with Crippen molar-refractivity contribution < 1.29 is 4.74 Å². The van der Waals surface area contributed by atoms with Crippen molar-refractivity contribution in [2.75, 3.05) is 38.2 Å². The van der Waals surface area contributed by atoms with E-state index in [1.165, 1.54) is 12.8 Å². The molecule has 6 nitrogen and oxygen atoms in total. The van der Waals surface area contributed by atoms with Gasteiger partial charge in [0.1, 0.15) is 5.82 Å². The van der Waals surface area contributed by atoms with Crippen LogP contribution in [0, 0.1) is 5.41 Å². The summed E-state index contributed by atoms with van der Waals surface area (Å²) in [5.41, 5.74) is 1.19. The number of hydrogen-bond acceptors (Lipinski definition) is 4. The van der Waals surface area contributed by atoms with Crippen LogP contribution in [0.4, 0.5) is 5.82 Å². The number of guanidine groups is 1. The zero-order valence-corrected chi connectivity index (χ0v) is 17.0. The highest BCUT2D eigenvalue weighted by molar-refractivity contribution is 5.79. The molecule has 0 aliphatic carbocycles. The van der Waals surface area contributed by atoms with Gasteiger partial charge in [0.2, 0.25) is 0 Å². The lowest BCUT2D eigenvalue weighted by molar-refractivity contribution is 0.0205. The Morgan fingerprint density at radius 2 is 2.00 bits per heavy atom. The Morgan fingerprint density at radius 1 is 1.27 bits per heavy atom. The second-order valence-corrected chi connectivity index (χ2v) is 7.89. The first-order valence-corrected chi connectivity index (χ1v) is 9.69. The van der Waals surface area contributed by atoms with Crippen LogP contribution in [0.3, 0.4) is 0 Å². The Hall–Kier alpha value is -1.82. The number of ether oxygens (including phenoxy) is 1. The minimum Gasteiger partial charge on any atom is -0.379 e. The van der Waals surface area contributed by atoms with E-state index in [0.29, 0.717) is 6.54 Å². The number of hydrogen-bond donors (Lipinski definition) is 2. The molecule has 0 amide bonds. The highest BCUT2D eigenvalue weighted by Gasteiger charge is 2.24. The molecule has 1 unspecified atom stereocenters. The van der Waals surface area contributed by atoms with Crippen LogP contribution in [-0.2, 0) is 11.3 Å². The first-order valence-electron chi connectivity index (χ1n) is 9.69. The average molecular weight is 362 g/mol. The van der Waals surface area contributed by atoms with Crippen LogP contribution in [-0.4, -0.2) is 50.3 Å². The molecular formula is C20H35N5O. The molecule has 1 aromatic rings. The molecule has 0 saturated carbocycles. The second kappa shape index (κ2) is 9.76. The third kappa shape index (κ3) is 6.16. The first kappa shape index (κ1) is 20.5. The standard InChI is InChI=1S/C20H35N5O/c1-6-21-19(24-15-17(26-5)20(2,3)4)23-14-16-9-10-18(22-13-16)25-11-7-8-12-25/h9-10,13,17H,6-8,11-12,14-15H2,1-5H3,(H2,21,23,24). The number of anilines is 1. The van der Waals surface area contributed by atoms with Crippen LogP contribution in [0.5, 0.6) is 0 Å². The maximum Gasteiger partial charge on any atom is 0.191 e. The number of nitrogens with one attached hydrogen (secondary N) is 2. The third-order valence-electron chi connectivity index (χ3n) is 4.71. The van der Waals surface area contributed by atoms with Crippen LogP contribution in [0.1, 0.15) is 46.1 Å². The molecular weight excluding hydrogens is 326 g/mol. The fraction of sp³-hybridized carbons (Fsp3) is 0.700. The van der Waals surface area contributed by atoms with E-state index in [9.17, 15) is 0 Å². The van der Waals surface area contributed by atoms with E-state index in [0.717, 1.165) is 43.5 Å². The molecule has 1 aliphatic rings. The molecule has 1 atom stereocenters. The lowest BCUT2D eigenvalue weighted by atomic mass is 9.89. The maximum absolute atomic E-state index is 5.61. The molecule has 0 spiro atoms. The van der Waals surface area contributed by atoms with Crippen molar-refractivity contribution in [1.29, 1.82) is 0 Å². The monoisotopic (exact) mass is 361 g/mol. The summed E-state index contributed by atoms with van der Waals surface area (Å²) in [6.45, 7) is 13.0. The van der Waals surface area contributed by atoms with Crippen LogP contribution >= 0.6 is 0 Å². The molecule has 26 heavy (non-hydrogen) atoms. The predicted molar refractivity (Wildman–Crippen MR) is 109 cm³/mol. The highest BCUT2D eigenvalue weighted by Crippen LogP contribution is 2.21. The summed E-state index contributed by atoms with van der Waals surface area (Å²) in [6.07, 6.45) is 4.59. The molecule has 1 saturated heterocycles. The van der Waals surface area contributed by atoms with Gasteiger partial charge in [0.15, 0.2) is 5.96 Å². The first-order chi connectivity index (χ1) is 12.4. The number of pyridine rings is 1. The Morgan fingerprint density at radius 3 is 2.54 bits per heavy atom. The molecule has 146 valence electrons. The van der Waals surface area contributed by atoms with Gasteiger partial charge in [-0.15, -0.1) is 0 Å². The molecule has 0 bridgehead atoms. The lowest BCUT2D eigenvalue weighted by Gasteiger charge is -2.30. The van der Waals surface area contributed by atoms with Crippen molar-refractivity contribution >= 4 is 11.8 Å². The summed E-state index contributed by atoms with van der Waals surface area (Å²) < 4.78 is 5.61. The van der Waals surface area contributed by atoms with Gasteiger partial charge in [0.05, 0.1) is 12.6 Å². The highest BCUT2D eigenvalue weighted by atomic mass is 16.5. The Balaban J connectivity index is 1.93. The molecule has 1 aliphatic heterocycles. The number of rotatable bonds is 7. The Kier molecular flexibility index (Phi) is 7.69. The molecule has 2 heterocycles. The minimum absolute atomic E-state index is 0.0778. The molecule has 2 N–H and O–H groups in total. The van der Waals surface area contributed by atoms with E-state index >= 15 is 0 Å². The van der Waals surface area contributed by atoms with E-state index in [1.54, 1.807) is 7.11 Å². The van der Waals surface area contributed by atoms with E-state index in [1.807, 2.05) is 6.20 Å². The summed E-state index contributed by atoms with van der Waals surface area (Å²) in [7, 11) is 1.76. The normalized spacial score (nSPS) is 16.7. The lowest BCUT2D eigenvalue weighted by Crippen LogP contribution is -2.45. The SMILES string of the molecule is CCNC(=NCc1ccc(N2CCCC2)nc1)NCC(OC)C(C)(C)C. The number of aromatic nitrogens is 1. The van der Waals surface area contributed by atoms with Gasteiger partial charge in [-0.1, -0.05) is 26.8 Å². The van der Waals surface area contributed by atoms with Gasteiger partial charge >= 0.3 is 0 Å². The summed E-state index contributed by atoms with van der Waals surface area (Å²) >= 11 is 0. The van der Waals surface area contributed by atoms with Gasteiger partial charge in [0.25, 0.3) is 0 Å². The van der Waals surface area contributed by atoms with E-state index in [2.05, 4.69) is 65.3 Å². The predicted octanol–water partition coefficient (Wildman–Crippen LogP) is 2.80. The van der Waals surface area contributed by atoms with Crippen molar-refractivity contribution in [2.45, 2.75) is 53.2 Å². The average Bonchev–Trinajstić information content (AvgIpc) is 3.14. The molecule has 0 radical (unpaired) electrons. The maximum atomic E-state index is 5.61. The number of aliphatic imine (C=N–C) groups is 1. The van der Waals surface area contributed by atoms with Crippen molar-refractivity contribution in [3.05, 3.63) is 23.9 Å². The van der Waals surface area contributed by atoms with Gasteiger partial charge in [-0.25, -0.2) is 9.98 Å².